The number of carbonyl (C=O) groups is 1. The Bertz CT molecular complexity index is 920. The molecule has 26 heavy (non-hydrogen) atoms. The number of rotatable bonds is 6. The van der Waals surface area contributed by atoms with Gasteiger partial charge in [-0.2, -0.15) is 0 Å². The first-order valence-electron chi connectivity index (χ1n) is 8.32. The third-order valence-electron chi connectivity index (χ3n) is 4.28. The van der Waals surface area contributed by atoms with Crippen molar-refractivity contribution in [3.05, 3.63) is 64.0 Å². The van der Waals surface area contributed by atoms with E-state index in [1.807, 2.05) is 22.9 Å². The van der Waals surface area contributed by atoms with Crippen molar-refractivity contribution in [1.82, 2.24) is 9.88 Å². The fourth-order valence-electron chi connectivity index (χ4n) is 2.80. The van der Waals surface area contributed by atoms with Gasteiger partial charge in [0.1, 0.15) is 16.6 Å². The van der Waals surface area contributed by atoms with E-state index in [1.54, 1.807) is 16.2 Å². The molecule has 1 fully saturated rings. The number of carbonyl (C=O) groups excluding carboxylic acids is 1. The van der Waals surface area contributed by atoms with Crippen molar-refractivity contribution in [2.45, 2.75) is 31.8 Å². The van der Waals surface area contributed by atoms with Crippen LogP contribution in [0, 0.1) is 11.6 Å². The second-order valence-electron chi connectivity index (χ2n) is 6.29. The largest absolute Gasteiger partial charge is 0.335 e. The summed E-state index contributed by atoms with van der Waals surface area (Å²) in [5.41, 5.74) is 1.07. The molecule has 7 heteroatoms. The lowest BCUT2D eigenvalue weighted by Gasteiger charge is -2.22. The van der Waals surface area contributed by atoms with E-state index in [2.05, 4.69) is 4.98 Å². The quantitative estimate of drug-likeness (QED) is 0.601. The molecular formula is C19H16F2N2OS2. The number of hydrogen-bond acceptors (Lipinski definition) is 4. The zero-order valence-corrected chi connectivity index (χ0v) is 15.5. The van der Waals surface area contributed by atoms with Gasteiger partial charge in [-0.3, -0.25) is 4.79 Å². The van der Waals surface area contributed by atoms with Crippen LogP contribution in [-0.2, 0) is 17.8 Å². The zero-order chi connectivity index (χ0) is 18.1. The Morgan fingerprint density at radius 2 is 2.08 bits per heavy atom. The predicted octanol–water partition coefficient (Wildman–Crippen LogP) is 4.88. The number of halogens is 2. The fourth-order valence-corrected chi connectivity index (χ4v) is 4.43. The van der Waals surface area contributed by atoms with Crippen molar-refractivity contribution >= 4 is 28.6 Å². The number of amides is 1. The highest BCUT2D eigenvalue weighted by Gasteiger charge is 2.33. The van der Waals surface area contributed by atoms with Crippen LogP contribution in [0.15, 0.2) is 41.1 Å². The SMILES string of the molecule is O=C(Cc1csc(-c2cccs2)n1)N(Cc1ccc(F)cc1F)C1CC1. The van der Waals surface area contributed by atoms with Crippen LogP contribution in [0.25, 0.3) is 9.88 Å². The van der Waals surface area contributed by atoms with Gasteiger partial charge in [-0.25, -0.2) is 13.8 Å². The number of nitrogens with zero attached hydrogens (tertiary/aromatic N) is 2. The first-order chi connectivity index (χ1) is 12.6. The van der Waals surface area contributed by atoms with E-state index in [9.17, 15) is 13.6 Å². The second-order valence-corrected chi connectivity index (χ2v) is 8.09. The maximum Gasteiger partial charge on any atom is 0.229 e. The highest BCUT2D eigenvalue weighted by atomic mass is 32.1. The Balaban J connectivity index is 1.48. The normalized spacial score (nSPS) is 13.8. The molecule has 0 saturated heterocycles. The molecule has 0 atom stereocenters. The molecule has 1 saturated carbocycles. The Kier molecular flexibility index (Phi) is 4.82. The molecule has 0 radical (unpaired) electrons. The van der Waals surface area contributed by atoms with Gasteiger partial charge in [0.2, 0.25) is 5.91 Å². The molecule has 0 N–H and O–H groups in total. The van der Waals surface area contributed by atoms with Crippen LogP contribution in [-0.4, -0.2) is 21.8 Å². The summed E-state index contributed by atoms with van der Waals surface area (Å²) in [5, 5.41) is 4.80. The van der Waals surface area contributed by atoms with Gasteiger partial charge in [0.05, 0.1) is 17.0 Å². The fraction of sp³-hybridized carbons (Fsp3) is 0.263. The Morgan fingerprint density at radius 3 is 2.77 bits per heavy atom. The number of hydrogen-bond donors (Lipinski definition) is 0. The highest BCUT2D eigenvalue weighted by molar-refractivity contribution is 7.20. The summed E-state index contributed by atoms with van der Waals surface area (Å²) in [6, 6.07) is 7.61. The minimum absolute atomic E-state index is 0.0701. The van der Waals surface area contributed by atoms with Crippen molar-refractivity contribution in [2.75, 3.05) is 0 Å². The van der Waals surface area contributed by atoms with Crippen LogP contribution in [0.3, 0.4) is 0 Å². The van der Waals surface area contributed by atoms with E-state index in [0.717, 1.165) is 34.5 Å². The van der Waals surface area contributed by atoms with Crippen LogP contribution in [0.2, 0.25) is 0 Å². The molecule has 2 heterocycles. The van der Waals surface area contributed by atoms with E-state index in [-0.39, 0.29) is 24.9 Å². The molecule has 0 bridgehead atoms. The second kappa shape index (κ2) is 7.25. The third-order valence-corrected chi connectivity index (χ3v) is 6.21. The molecule has 1 amide bonds. The maximum absolute atomic E-state index is 14.0. The molecule has 1 aromatic carbocycles. The minimum atomic E-state index is -0.614. The monoisotopic (exact) mass is 390 g/mol. The first kappa shape index (κ1) is 17.3. The van der Waals surface area contributed by atoms with E-state index < -0.39 is 11.6 Å². The summed E-state index contributed by atoms with van der Waals surface area (Å²) < 4.78 is 27.1. The van der Waals surface area contributed by atoms with Crippen LogP contribution >= 0.6 is 22.7 Å². The van der Waals surface area contributed by atoms with Crippen molar-refractivity contribution in [2.24, 2.45) is 0 Å². The van der Waals surface area contributed by atoms with Gasteiger partial charge < -0.3 is 4.90 Å². The summed E-state index contributed by atoms with van der Waals surface area (Å²) in [5.74, 6) is -1.30. The van der Waals surface area contributed by atoms with Gasteiger partial charge in [-0.05, 0) is 30.4 Å². The van der Waals surface area contributed by atoms with E-state index in [1.165, 1.54) is 23.5 Å². The van der Waals surface area contributed by atoms with Crippen LogP contribution in [0.5, 0.6) is 0 Å². The summed E-state index contributed by atoms with van der Waals surface area (Å²) in [7, 11) is 0. The van der Waals surface area contributed by atoms with Gasteiger partial charge in [0.25, 0.3) is 0 Å². The first-order valence-corrected chi connectivity index (χ1v) is 10.1. The lowest BCUT2D eigenvalue weighted by Crippen LogP contribution is -2.34. The number of benzene rings is 1. The van der Waals surface area contributed by atoms with Crippen molar-refractivity contribution < 1.29 is 13.6 Å². The molecule has 2 aromatic heterocycles. The molecular weight excluding hydrogens is 374 g/mol. The van der Waals surface area contributed by atoms with Gasteiger partial charge in [-0.15, -0.1) is 22.7 Å². The summed E-state index contributed by atoms with van der Waals surface area (Å²) in [6.07, 6.45) is 2.04. The van der Waals surface area contributed by atoms with Crippen LogP contribution < -0.4 is 0 Å². The Hall–Kier alpha value is -2.12. The molecule has 1 aliphatic carbocycles. The molecule has 0 spiro atoms. The molecule has 1 aliphatic rings. The Labute approximate surface area is 157 Å². The molecule has 3 aromatic rings. The highest BCUT2D eigenvalue weighted by Crippen LogP contribution is 2.31. The smallest absolute Gasteiger partial charge is 0.229 e. The number of thiophene rings is 1. The summed E-state index contributed by atoms with van der Waals surface area (Å²) >= 11 is 3.13. The van der Waals surface area contributed by atoms with Gasteiger partial charge in [0.15, 0.2) is 0 Å². The van der Waals surface area contributed by atoms with E-state index in [4.69, 9.17) is 0 Å². The Morgan fingerprint density at radius 1 is 1.23 bits per heavy atom. The van der Waals surface area contributed by atoms with E-state index in [0.29, 0.717) is 5.56 Å². The van der Waals surface area contributed by atoms with Gasteiger partial charge >= 0.3 is 0 Å². The van der Waals surface area contributed by atoms with Crippen LogP contribution in [0.4, 0.5) is 8.78 Å². The van der Waals surface area contributed by atoms with Gasteiger partial charge in [0, 0.05) is 29.6 Å². The molecule has 3 nitrogen and oxygen atoms in total. The van der Waals surface area contributed by atoms with E-state index >= 15 is 0 Å². The summed E-state index contributed by atoms with van der Waals surface area (Å²) in [4.78, 5) is 20.1. The summed E-state index contributed by atoms with van der Waals surface area (Å²) in [6.45, 7) is 0.164. The predicted molar refractivity (Wildman–Crippen MR) is 99.1 cm³/mol. The molecule has 4 rings (SSSR count). The number of thiazole rings is 1. The molecule has 0 unspecified atom stereocenters. The van der Waals surface area contributed by atoms with Crippen molar-refractivity contribution in [1.29, 1.82) is 0 Å². The lowest BCUT2D eigenvalue weighted by atomic mass is 10.1. The number of aromatic nitrogens is 1. The minimum Gasteiger partial charge on any atom is -0.335 e. The third kappa shape index (κ3) is 3.83. The van der Waals surface area contributed by atoms with Crippen molar-refractivity contribution in [3.63, 3.8) is 0 Å². The van der Waals surface area contributed by atoms with Crippen LogP contribution in [0.1, 0.15) is 24.1 Å². The average Bonchev–Trinajstić information content (AvgIpc) is 3.09. The lowest BCUT2D eigenvalue weighted by molar-refractivity contribution is -0.131. The molecule has 0 aliphatic heterocycles. The standard InChI is InChI=1S/C19H16F2N2OS2/c20-13-4-3-12(16(21)8-13)10-23(15-5-6-15)18(24)9-14-11-26-19(22-14)17-2-1-7-25-17/h1-4,7-8,11,15H,5-6,9-10H2. The maximum atomic E-state index is 14.0. The van der Waals surface area contributed by atoms with Crippen molar-refractivity contribution in [3.8, 4) is 9.88 Å². The zero-order valence-electron chi connectivity index (χ0n) is 13.8. The topological polar surface area (TPSA) is 33.2 Å². The molecule has 134 valence electrons. The van der Waals surface area contributed by atoms with Gasteiger partial charge in [-0.1, -0.05) is 12.1 Å². The average molecular weight is 390 g/mol.